The number of rotatable bonds is 16. The number of ether oxygens (including phenoxy) is 3. The van der Waals surface area contributed by atoms with Crippen LogP contribution in [-0.2, 0) is 14.3 Å². The number of anilines is 4. The minimum atomic E-state index is -1.55. The average molecular weight is 771 g/mol. The number of amides is 5. The molecule has 0 aliphatic rings. The van der Waals surface area contributed by atoms with Gasteiger partial charge in [-0.1, -0.05) is 0 Å². The van der Waals surface area contributed by atoms with E-state index in [1.807, 2.05) is 0 Å². The molecule has 17 nitrogen and oxygen atoms in total. The van der Waals surface area contributed by atoms with Gasteiger partial charge in [-0.2, -0.15) is 0 Å². The Morgan fingerprint density at radius 3 is 1.80 bits per heavy atom. The minimum Gasteiger partial charge on any atom is -0.504 e. The Bertz CT molecular complexity index is 2120. The van der Waals surface area contributed by atoms with Crippen LogP contribution in [0, 0.1) is 0 Å². The number of primary amides is 1. The average Bonchev–Trinajstić information content (AvgIpc) is 3.13. The number of carboxylic acids is 1. The SMILES string of the molecule is COC(C(N)=O)C(NC(=O)c1ccc(N)cc1)C(=O)Nc1ccc(C(=O)Nc2ccc(C(=O)Nc3ccc(C(=O)O)cc3OC(C)C)c(O)c2OC(C)C)cc1. The van der Waals surface area contributed by atoms with Crippen LogP contribution in [0.1, 0.15) is 69.1 Å². The molecule has 4 rings (SSSR count). The molecule has 0 saturated carbocycles. The number of benzene rings is 4. The predicted octanol–water partition coefficient (Wildman–Crippen LogP) is 3.99. The first kappa shape index (κ1) is 41.6. The monoisotopic (exact) mass is 770 g/mol. The van der Waals surface area contributed by atoms with Crippen LogP contribution in [0.3, 0.4) is 0 Å². The van der Waals surface area contributed by atoms with Gasteiger partial charge in [0.2, 0.25) is 11.8 Å². The molecule has 0 radical (unpaired) electrons. The second-order valence-corrected chi connectivity index (χ2v) is 12.8. The van der Waals surface area contributed by atoms with Crippen molar-refractivity contribution in [3.05, 3.63) is 101 Å². The van der Waals surface area contributed by atoms with Gasteiger partial charge in [-0.3, -0.25) is 24.0 Å². The van der Waals surface area contributed by atoms with E-state index < -0.39 is 59.5 Å². The number of carbonyl (C=O) groups is 6. The Balaban J connectivity index is 1.52. The fourth-order valence-electron chi connectivity index (χ4n) is 5.18. The van der Waals surface area contributed by atoms with Crippen LogP contribution in [0.5, 0.6) is 17.2 Å². The van der Waals surface area contributed by atoms with Crippen molar-refractivity contribution in [1.82, 2.24) is 5.32 Å². The number of aromatic hydroxyl groups is 1. The Kier molecular flexibility index (Phi) is 13.6. The van der Waals surface area contributed by atoms with E-state index in [0.29, 0.717) is 5.69 Å². The van der Waals surface area contributed by atoms with Crippen molar-refractivity contribution in [2.24, 2.45) is 5.73 Å². The number of hydrogen-bond donors (Lipinski definition) is 8. The molecule has 0 spiro atoms. The van der Waals surface area contributed by atoms with Crippen molar-refractivity contribution in [1.29, 1.82) is 0 Å². The van der Waals surface area contributed by atoms with Gasteiger partial charge in [-0.15, -0.1) is 0 Å². The molecule has 5 amide bonds. The van der Waals surface area contributed by atoms with E-state index in [4.69, 9.17) is 25.7 Å². The normalized spacial score (nSPS) is 11.9. The number of nitrogens with one attached hydrogen (secondary N) is 4. The molecular formula is C39H42N6O11. The summed E-state index contributed by atoms with van der Waals surface area (Å²) in [6.45, 7) is 6.82. The highest BCUT2D eigenvalue weighted by Gasteiger charge is 2.34. The number of nitrogen functional groups attached to an aromatic ring is 1. The second kappa shape index (κ2) is 18.3. The van der Waals surface area contributed by atoms with E-state index >= 15 is 0 Å². The van der Waals surface area contributed by atoms with Crippen LogP contribution >= 0.6 is 0 Å². The van der Waals surface area contributed by atoms with Gasteiger partial charge in [-0.05, 0) is 107 Å². The van der Waals surface area contributed by atoms with Gasteiger partial charge in [0.1, 0.15) is 11.8 Å². The third-order valence-electron chi connectivity index (χ3n) is 7.81. The molecule has 0 aromatic heterocycles. The minimum absolute atomic E-state index is 0.0292. The zero-order chi connectivity index (χ0) is 41.3. The lowest BCUT2D eigenvalue weighted by atomic mass is 10.1. The lowest BCUT2D eigenvalue weighted by Gasteiger charge is -2.24. The molecule has 4 aromatic carbocycles. The largest absolute Gasteiger partial charge is 0.504 e. The summed E-state index contributed by atoms with van der Waals surface area (Å²) in [6.07, 6.45) is -2.38. The summed E-state index contributed by atoms with van der Waals surface area (Å²) in [7, 11) is 1.15. The predicted molar refractivity (Wildman–Crippen MR) is 206 cm³/mol. The fourth-order valence-corrected chi connectivity index (χ4v) is 5.18. The van der Waals surface area contributed by atoms with Gasteiger partial charge >= 0.3 is 5.97 Å². The summed E-state index contributed by atoms with van der Waals surface area (Å²) in [5, 5.41) is 30.9. The molecule has 2 atom stereocenters. The Morgan fingerprint density at radius 1 is 0.679 bits per heavy atom. The number of hydrogen-bond acceptors (Lipinski definition) is 11. The Morgan fingerprint density at radius 2 is 1.23 bits per heavy atom. The number of aromatic carboxylic acids is 1. The van der Waals surface area contributed by atoms with Crippen molar-refractivity contribution >= 4 is 58.3 Å². The molecule has 0 aliphatic heterocycles. The smallest absolute Gasteiger partial charge is 0.335 e. The molecule has 56 heavy (non-hydrogen) atoms. The van der Waals surface area contributed by atoms with Crippen molar-refractivity contribution in [2.75, 3.05) is 28.8 Å². The van der Waals surface area contributed by atoms with Crippen molar-refractivity contribution in [3.63, 3.8) is 0 Å². The van der Waals surface area contributed by atoms with E-state index in [2.05, 4.69) is 21.3 Å². The number of carbonyl (C=O) groups excluding carboxylic acids is 5. The van der Waals surface area contributed by atoms with E-state index in [9.17, 15) is 39.0 Å². The van der Waals surface area contributed by atoms with Crippen molar-refractivity contribution in [3.8, 4) is 17.2 Å². The maximum absolute atomic E-state index is 13.4. The number of phenolic OH excluding ortho intramolecular Hbond substituents is 1. The summed E-state index contributed by atoms with van der Waals surface area (Å²) in [4.78, 5) is 76.5. The summed E-state index contributed by atoms with van der Waals surface area (Å²) >= 11 is 0. The summed E-state index contributed by atoms with van der Waals surface area (Å²) in [5.74, 6) is -5.82. The van der Waals surface area contributed by atoms with Gasteiger partial charge in [0.15, 0.2) is 17.6 Å². The van der Waals surface area contributed by atoms with Gasteiger partial charge in [-0.25, -0.2) is 4.79 Å². The molecule has 0 aliphatic carbocycles. The molecular weight excluding hydrogens is 728 g/mol. The van der Waals surface area contributed by atoms with E-state index in [1.165, 1.54) is 78.9 Å². The second-order valence-electron chi connectivity index (χ2n) is 12.8. The Hall–Kier alpha value is -7.14. The standard InChI is InChI=1S/C39H42N6O11/c1-19(2)55-29-18-23(39(52)53)10-16-27(29)43-37(50)26-15-17-28(32(31(26)46)56-20(3)4)44-35(48)22-8-13-25(14-9-22)42-38(51)30(33(54-5)34(41)47)45-36(49)21-6-11-24(40)12-7-21/h6-20,30,33,46H,40H2,1-5H3,(H2,41,47)(H,42,51)(H,43,50)(H,44,48)(H,45,49)(H,52,53). The van der Waals surface area contributed by atoms with Gasteiger partial charge in [0.05, 0.1) is 34.7 Å². The summed E-state index contributed by atoms with van der Waals surface area (Å²) in [5.41, 5.74) is 11.9. The van der Waals surface area contributed by atoms with Gasteiger partial charge < -0.3 is 57.2 Å². The fraction of sp³-hybridized carbons (Fsp3) is 0.231. The van der Waals surface area contributed by atoms with Crippen LogP contribution in [0.2, 0.25) is 0 Å². The molecule has 2 unspecified atom stereocenters. The topological polar surface area (TPSA) is 271 Å². The van der Waals surface area contributed by atoms with Crippen LogP contribution in [0.15, 0.2) is 78.9 Å². The molecule has 0 heterocycles. The van der Waals surface area contributed by atoms with Gasteiger partial charge in [0, 0.05) is 29.6 Å². The van der Waals surface area contributed by atoms with E-state index in [0.717, 1.165) is 7.11 Å². The molecule has 0 bridgehead atoms. The van der Waals surface area contributed by atoms with Crippen molar-refractivity contribution < 1.29 is 53.2 Å². The highest BCUT2D eigenvalue weighted by molar-refractivity contribution is 6.10. The first-order valence-corrected chi connectivity index (χ1v) is 17.1. The zero-order valence-corrected chi connectivity index (χ0v) is 31.0. The van der Waals surface area contributed by atoms with Gasteiger partial charge in [0.25, 0.3) is 17.7 Å². The lowest BCUT2D eigenvalue weighted by molar-refractivity contribution is -0.134. The lowest BCUT2D eigenvalue weighted by Crippen LogP contribution is -2.56. The van der Waals surface area contributed by atoms with Crippen LogP contribution in [0.25, 0.3) is 0 Å². The molecule has 17 heteroatoms. The van der Waals surface area contributed by atoms with Crippen LogP contribution < -0.4 is 42.2 Å². The number of carboxylic acid groups (broad SMARTS) is 1. The van der Waals surface area contributed by atoms with E-state index in [-0.39, 0.29) is 56.9 Å². The van der Waals surface area contributed by atoms with Crippen molar-refractivity contribution in [2.45, 2.75) is 52.0 Å². The molecule has 4 aromatic rings. The first-order chi connectivity index (χ1) is 26.5. The molecule has 10 N–H and O–H groups in total. The quantitative estimate of drug-likeness (QED) is 0.0752. The number of methoxy groups -OCH3 is 1. The van der Waals surface area contributed by atoms with Crippen LogP contribution in [-0.4, -0.2) is 77.2 Å². The highest BCUT2D eigenvalue weighted by Crippen LogP contribution is 2.39. The highest BCUT2D eigenvalue weighted by atomic mass is 16.5. The summed E-state index contributed by atoms with van der Waals surface area (Å²) < 4.78 is 16.6. The third kappa shape index (κ3) is 10.5. The zero-order valence-electron chi connectivity index (χ0n) is 31.0. The number of phenols is 1. The Labute approximate surface area is 321 Å². The molecule has 0 fully saturated rings. The maximum atomic E-state index is 13.4. The third-order valence-corrected chi connectivity index (χ3v) is 7.81. The first-order valence-electron chi connectivity index (χ1n) is 17.1. The molecule has 294 valence electrons. The van der Waals surface area contributed by atoms with E-state index in [1.54, 1.807) is 27.7 Å². The summed E-state index contributed by atoms with van der Waals surface area (Å²) in [6, 6.07) is 16.4. The maximum Gasteiger partial charge on any atom is 0.335 e. The van der Waals surface area contributed by atoms with Crippen LogP contribution in [0.4, 0.5) is 22.7 Å². The molecule has 0 saturated heterocycles. The number of nitrogens with two attached hydrogens (primary N) is 2.